The number of rotatable bonds is 7. The Hall–Kier alpha value is -1.96. The van der Waals surface area contributed by atoms with Crippen molar-refractivity contribution >= 4 is 35.5 Å². The quantitative estimate of drug-likeness (QED) is 0.409. The summed E-state index contributed by atoms with van der Waals surface area (Å²) in [5.74, 6) is 1.81. The van der Waals surface area contributed by atoms with Crippen LogP contribution in [0.4, 0.5) is 0 Å². The van der Waals surface area contributed by atoms with E-state index in [0.29, 0.717) is 23.6 Å². The highest BCUT2D eigenvalue weighted by atomic mass is 32.1. The van der Waals surface area contributed by atoms with Gasteiger partial charge in [0.05, 0.1) is 11.2 Å². The van der Waals surface area contributed by atoms with Gasteiger partial charge in [0.25, 0.3) is 11.8 Å². The van der Waals surface area contributed by atoms with Gasteiger partial charge in [-0.2, -0.15) is 0 Å². The van der Waals surface area contributed by atoms with Gasteiger partial charge >= 0.3 is 0 Å². The van der Waals surface area contributed by atoms with E-state index in [1.54, 1.807) is 7.05 Å². The molecule has 174 valence electrons. The maximum atomic E-state index is 11.7. The highest BCUT2D eigenvalue weighted by molar-refractivity contribution is 7.78. The first-order valence-electron chi connectivity index (χ1n) is 11.6. The Balaban J connectivity index is 0.000000221. The van der Waals surface area contributed by atoms with Crippen LogP contribution in [0.5, 0.6) is 0 Å². The minimum absolute atomic E-state index is 0.0632. The second-order valence-corrected chi connectivity index (χ2v) is 9.40. The van der Waals surface area contributed by atoms with Gasteiger partial charge in [0.2, 0.25) is 0 Å². The Morgan fingerprint density at radius 2 is 1.94 bits per heavy atom. The average Bonchev–Trinajstić information content (AvgIpc) is 3.00. The van der Waals surface area contributed by atoms with Gasteiger partial charge in [0, 0.05) is 13.1 Å². The highest BCUT2D eigenvalue weighted by Crippen LogP contribution is 2.29. The van der Waals surface area contributed by atoms with E-state index in [4.69, 9.17) is 5.73 Å². The van der Waals surface area contributed by atoms with Crippen LogP contribution < -0.4 is 16.4 Å². The minimum atomic E-state index is -0.202. The first-order valence-corrected chi connectivity index (χ1v) is 12.1. The Kier molecular flexibility index (Phi) is 10.4. The Labute approximate surface area is 192 Å². The number of carbonyl (C=O) groups is 2. The number of hydrogen-bond acceptors (Lipinski definition) is 5. The number of aliphatic imine (C=N–C) groups is 1. The van der Waals surface area contributed by atoms with Gasteiger partial charge in [-0.15, -0.1) is 0 Å². The standard InChI is InChI=1S/C12H21N3O.C11H18N2OS/c1-15-11(16)10(14-12(15)13)8-7-9-5-3-2-4-6-9;1-8-4-3-5-10(6-8)13-11(14)9(2)12-7-15/h9-10H,2-8H2,1H3,(H2,13,14);7-8,10H,2-6H2,1H3,(H,12,15)(H,13,14)/t;8?,10-/m.1/s1. The fourth-order valence-corrected chi connectivity index (χ4v) is 4.81. The fraction of sp³-hybridized carbons (Fsp3) is 0.739. The molecule has 4 N–H and O–H groups in total. The van der Waals surface area contributed by atoms with E-state index in [2.05, 4.69) is 41.3 Å². The third-order valence-electron chi connectivity index (χ3n) is 6.60. The van der Waals surface area contributed by atoms with Crippen LogP contribution in [0.1, 0.15) is 77.6 Å². The lowest BCUT2D eigenvalue weighted by molar-refractivity contribution is -0.126. The lowest BCUT2D eigenvalue weighted by atomic mass is 9.85. The topological polar surface area (TPSA) is 99.8 Å². The molecule has 8 heteroatoms. The number of carbonyl (C=O) groups excluding carboxylic acids is 2. The minimum Gasteiger partial charge on any atom is -0.369 e. The molecular formula is C23H39N5O2S. The summed E-state index contributed by atoms with van der Waals surface area (Å²) < 4.78 is 0. The summed E-state index contributed by atoms with van der Waals surface area (Å²) in [6, 6.07) is 0.0943. The third-order valence-corrected chi connectivity index (χ3v) is 6.72. The van der Waals surface area contributed by atoms with Crippen molar-refractivity contribution in [1.82, 2.24) is 15.5 Å². The molecule has 1 aliphatic heterocycles. The molecule has 0 aromatic carbocycles. The maximum Gasteiger partial charge on any atom is 0.267 e. The van der Waals surface area contributed by atoms with E-state index in [-0.39, 0.29) is 17.9 Å². The number of amides is 2. The molecule has 0 saturated heterocycles. The van der Waals surface area contributed by atoms with Crippen molar-refractivity contribution in [2.24, 2.45) is 22.6 Å². The van der Waals surface area contributed by atoms with Gasteiger partial charge in [-0.3, -0.25) is 14.5 Å². The zero-order valence-electron chi connectivity index (χ0n) is 19.1. The number of guanidine groups is 1. The first kappa shape index (κ1) is 25.3. The largest absolute Gasteiger partial charge is 0.369 e. The van der Waals surface area contributed by atoms with Crippen molar-refractivity contribution in [3.05, 3.63) is 12.3 Å². The summed E-state index contributed by atoms with van der Waals surface area (Å²) in [4.78, 5) is 29.0. The number of likely N-dealkylation sites (N-methyl/N-ethyl adjacent to an activating group) is 1. The zero-order valence-corrected chi connectivity index (χ0v) is 19.9. The van der Waals surface area contributed by atoms with Crippen LogP contribution >= 0.6 is 12.2 Å². The van der Waals surface area contributed by atoms with Crippen LogP contribution in [-0.2, 0) is 9.59 Å². The summed E-state index contributed by atoms with van der Waals surface area (Å²) >= 11 is 4.59. The third kappa shape index (κ3) is 8.24. The van der Waals surface area contributed by atoms with E-state index >= 15 is 0 Å². The van der Waals surface area contributed by atoms with Crippen molar-refractivity contribution in [2.75, 3.05) is 7.05 Å². The normalized spacial score (nSPS) is 26.4. The molecule has 0 aromatic heterocycles. The molecule has 2 amide bonds. The van der Waals surface area contributed by atoms with Crippen LogP contribution in [0.2, 0.25) is 0 Å². The van der Waals surface area contributed by atoms with Gasteiger partial charge in [0.15, 0.2) is 5.96 Å². The molecule has 0 spiro atoms. The van der Waals surface area contributed by atoms with Gasteiger partial charge in [-0.1, -0.05) is 70.7 Å². The average molecular weight is 450 g/mol. The predicted octanol–water partition coefficient (Wildman–Crippen LogP) is 3.24. The summed E-state index contributed by atoms with van der Waals surface area (Å²) in [5, 5.41) is 5.60. The summed E-state index contributed by atoms with van der Waals surface area (Å²) in [6.45, 7) is 5.83. The van der Waals surface area contributed by atoms with E-state index in [0.717, 1.165) is 31.6 Å². The van der Waals surface area contributed by atoms with Crippen molar-refractivity contribution in [3.63, 3.8) is 0 Å². The molecule has 0 aromatic rings. The van der Waals surface area contributed by atoms with E-state index in [1.165, 1.54) is 55.3 Å². The maximum absolute atomic E-state index is 11.7. The summed E-state index contributed by atoms with van der Waals surface area (Å²) in [5.41, 5.74) is 7.24. The lowest BCUT2D eigenvalue weighted by Crippen LogP contribution is -2.40. The summed E-state index contributed by atoms with van der Waals surface area (Å²) in [6.07, 6.45) is 13.3. The molecule has 2 unspecified atom stereocenters. The molecule has 3 aliphatic rings. The molecule has 2 saturated carbocycles. The Bertz CT molecular complexity index is 675. The highest BCUT2D eigenvalue weighted by Gasteiger charge is 2.30. The van der Waals surface area contributed by atoms with Gasteiger partial charge in [0.1, 0.15) is 6.04 Å². The molecular weight excluding hydrogens is 410 g/mol. The number of hydrogen-bond donors (Lipinski definition) is 3. The van der Waals surface area contributed by atoms with Gasteiger partial charge in [-0.25, -0.2) is 4.99 Å². The number of nitrogens with one attached hydrogen (secondary N) is 2. The molecule has 2 fully saturated rings. The fourth-order valence-electron chi connectivity index (χ4n) is 4.67. The monoisotopic (exact) mass is 449 g/mol. The molecule has 7 nitrogen and oxygen atoms in total. The van der Waals surface area contributed by atoms with Crippen LogP contribution in [0.15, 0.2) is 17.3 Å². The zero-order chi connectivity index (χ0) is 22.8. The molecule has 2 aliphatic carbocycles. The van der Waals surface area contributed by atoms with Crippen molar-refractivity contribution in [1.29, 1.82) is 0 Å². The Morgan fingerprint density at radius 1 is 1.23 bits per heavy atom. The molecule has 0 radical (unpaired) electrons. The van der Waals surface area contributed by atoms with E-state index in [1.807, 2.05) is 0 Å². The van der Waals surface area contributed by atoms with Gasteiger partial charge in [-0.05, 0) is 37.5 Å². The number of nitrogens with two attached hydrogens (primary N) is 1. The van der Waals surface area contributed by atoms with Crippen LogP contribution in [-0.4, -0.2) is 47.3 Å². The van der Waals surface area contributed by atoms with Crippen molar-refractivity contribution in [2.45, 2.75) is 89.6 Å². The van der Waals surface area contributed by atoms with Crippen LogP contribution in [0, 0.1) is 11.8 Å². The van der Waals surface area contributed by atoms with Crippen LogP contribution in [0.25, 0.3) is 0 Å². The second-order valence-electron chi connectivity index (χ2n) is 9.16. The predicted molar refractivity (Wildman–Crippen MR) is 129 cm³/mol. The number of nitrogens with zero attached hydrogens (tertiary/aromatic N) is 2. The smallest absolute Gasteiger partial charge is 0.267 e. The summed E-state index contributed by atoms with van der Waals surface area (Å²) in [7, 11) is 1.70. The SMILES string of the molecule is C=C(NC=S)C(=O)N[C@@H]1CCCC(C)C1.CN1C(=O)C(CCC2CCCCC2)N=C1N. The van der Waals surface area contributed by atoms with Crippen molar-refractivity contribution < 1.29 is 9.59 Å². The molecule has 1 heterocycles. The molecule has 3 rings (SSSR count). The lowest BCUT2D eigenvalue weighted by Gasteiger charge is -2.27. The van der Waals surface area contributed by atoms with E-state index in [9.17, 15) is 9.59 Å². The van der Waals surface area contributed by atoms with Crippen molar-refractivity contribution in [3.8, 4) is 0 Å². The Morgan fingerprint density at radius 3 is 2.52 bits per heavy atom. The second kappa shape index (κ2) is 12.8. The van der Waals surface area contributed by atoms with Crippen LogP contribution in [0.3, 0.4) is 0 Å². The van der Waals surface area contributed by atoms with Gasteiger partial charge < -0.3 is 16.4 Å². The molecule has 0 bridgehead atoms. The molecule has 31 heavy (non-hydrogen) atoms. The number of thiocarbonyl (C=S) groups is 1. The van der Waals surface area contributed by atoms with E-state index < -0.39 is 0 Å². The first-order chi connectivity index (χ1) is 14.8. The molecule has 3 atom stereocenters.